The van der Waals surface area contributed by atoms with E-state index in [2.05, 4.69) is 18.7 Å². The van der Waals surface area contributed by atoms with Crippen molar-refractivity contribution < 1.29 is 19.4 Å². The summed E-state index contributed by atoms with van der Waals surface area (Å²) in [6.45, 7) is 7.54. The molecular formula is C18H25NO4. The average Bonchev–Trinajstić information content (AvgIpc) is 2.59. The normalized spacial score (nSPS) is 11.2. The molecule has 0 unspecified atom stereocenters. The summed E-state index contributed by atoms with van der Waals surface area (Å²) in [7, 11) is 0. The first-order valence-corrected chi connectivity index (χ1v) is 7.95. The van der Waals surface area contributed by atoms with Gasteiger partial charge in [-0.1, -0.05) is 6.92 Å². The van der Waals surface area contributed by atoms with Crippen molar-refractivity contribution >= 4 is 17.4 Å². The molecule has 0 aliphatic carbocycles. The van der Waals surface area contributed by atoms with E-state index in [1.165, 1.54) is 0 Å². The Kier molecular flexibility index (Phi) is 8.05. The first kappa shape index (κ1) is 18.9. The van der Waals surface area contributed by atoms with Gasteiger partial charge in [-0.05, 0) is 50.6 Å². The van der Waals surface area contributed by atoms with Crippen molar-refractivity contribution in [3.05, 3.63) is 41.5 Å². The predicted octanol–water partition coefficient (Wildman–Crippen LogP) is 2.59. The average molecular weight is 319 g/mol. The Morgan fingerprint density at radius 1 is 1.13 bits per heavy atom. The van der Waals surface area contributed by atoms with E-state index in [1.807, 2.05) is 19.1 Å². The lowest BCUT2D eigenvalue weighted by Gasteiger charge is -2.20. The summed E-state index contributed by atoms with van der Waals surface area (Å²) in [6.07, 6.45) is 1.83. The summed E-state index contributed by atoms with van der Waals surface area (Å²) in [4.78, 5) is 26.1. The van der Waals surface area contributed by atoms with Gasteiger partial charge >= 0.3 is 5.97 Å². The maximum atomic E-state index is 12.2. The summed E-state index contributed by atoms with van der Waals surface area (Å²) in [6, 6.07) is 7.20. The fourth-order valence-corrected chi connectivity index (χ4v) is 2.12. The van der Waals surface area contributed by atoms with Crippen LogP contribution in [-0.4, -0.2) is 43.2 Å². The monoisotopic (exact) mass is 319 g/mol. The first-order valence-electron chi connectivity index (χ1n) is 7.95. The van der Waals surface area contributed by atoms with Gasteiger partial charge in [0.05, 0.1) is 18.8 Å². The van der Waals surface area contributed by atoms with Crippen molar-refractivity contribution in [1.29, 1.82) is 0 Å². The third-order valence-electron chi connectivity index (χ3n) is 3.46. The number of hydrogen-bond acceptors (Lipinski definition) is 5. The minimum atomic E-state index is -0.650. The van der Waals surface area contributed by atoms with Crippen LogP contribution in [0, 0.1) is 0 Å². The van der Waals surface area contributed by atoms with E-state index >= 15 is 0 Å². The highest BCUT2D eigenvalue weighted by Crippen LogP contribution is 2.16. The molecule has 0 heterocycles. The largest absolute Gasteiger partial charge is 0.462 e. The van der Waals surface area contributed by atoms with Crippen LogP contribution in [0.25, 0.3) is 0 Å². The Labute approximate surface area is 137 Å². The van der Waals surface area contributed by atoms with Gasteiger partial charge in [0.2, 0.25) is 0 Å². The quantitative estimate of drug-likeness (QED) is 0.430. The lowest BCUT2D eigenvalue weighted by atomic mass is 10.1. The molecule has 1 N–H and O–H groups in total. The third kappa shape index (κ3) is 5.53. The van der Waals surface area contributed by atoms with Crippen LogP contribution in [0.3, 0.4) is 0 Å². The number of carbonyl (C=O) groups is 2. The second-order valence-corrected chi connectivity index (χ2v) is 5.05. The number of rotatable bonds is 9. The fourth-order valence-electron chi connectivity index (χ4n) is 2.12. The molecule has 5 heteroatoms. The number of nitrogens with zero attached hydrogens (tertiary/aromatic N) is 1. The van der Waals surface area contributed by atoms with Gasteiger partial charge in [0, 0.05) is 24.3 Å². The standard InChI is InChI=1S/C18H25NO4/c1-4-11-23-18(22)15(13-20)12-17(21)14-7-9-16(10-8-14)19(5-2)6-3/h7-10,12,20H,4-6,11,13H2,1-3H3. The third-order valence-corrected chi connectivity index (χ3v) is 3.46. The van der Waals surface area contributed by atoms with E-state index in [-0.39, 0.29) is 18.0 Å². The van der Waals surface area contributed by atoms with Crippen molar-refractivity contribution in [2.75, 3.05) is 31.2 Å². The highest BCUT2D eigenvalue weighted by molar-refractivity contribution is 6.08. The molecule has 1 rings (SSSR count). The van der Waals surface area contributed by atoms with E-state index in [9.17, 15) is 14.7 Å². The van der Waals surface area contributed by atoms with Crippen molar-refractivity contribution in [1.82, 2.24) is 0 Å². The summed E-state index contributed by atoms with van der Waals surface area (Å²) >= 11 is 0. The van der Waals surface area contributed by atoms with Gasteiger partial charge < -0.3 is 14.7 Å². The smallest absolute Gasteiger partial charge is 0.336 e. The topological polar surface area (TPSA) is 66.8 Å². The molecule has 1 aromatic rings. The summed E-state index contributed by atoms with van der Waals surface area (Å²) < 4.78 is 4.93. The SMILES string of the molecule is CCCOC(=O)C(=CC(=O)c1ccc(N(CC)CC)cc1)CO. The van der Waals surface area contributed by atoms with E-state index < -0.39 is 12.6 Å². The lowest BCUT2D eigenvalue weighted by Crippen LogP contribution is -2.21. The van der Waals surface area contributed by atoms with Crippen LogP contribution in [0.5, 0.6) is 0 Å². The van der Waals surface area contributed by atoms with Gasteiger partial charge in [0.25, 0.3) is 0 Å². The van der Waals surface area contributed by atoms with Crippen LogP contribution in [0.2, 0.25) is 0 Å². The molecule has 0 fully saturated rings. The number of allylic oxidation sites excluding steroid dienone is 1. The zero-order valence-electron chi connectivity index (χ0n) is 14.0. The Balaban J connectivity index is 2.87. The molecule has 0 aliphatic heterocycles. The maximum absolute atomic E-state index is 12.2. The highest BCUT2D eigenvalue weighted by Gasteiger charge is 2.13. The molecular weight excluding hydrogens is 294 g/mol. The summed E-state index contributed by atoms with van der Waals surface area (Å²) in [5.41, 5.74) is 1.48. The van der Waals surface area contributed by atoms with Crippen molar-refractivity contribution in [3.8, 4) is 0 Å². The van der Waals surface area contributed by atoms with Gasteiger partial charge in [0.15, 0.2) is 5.78 Å². The lowest BCUT2D eigenvalue weighted by molar-refractivity contribution is -0.139. The van der Waals surface area contributed by atoms with Gasteiger partial charge in [-0.25, -0.2) is 4.79 Å². The van der Waals surface area contributed by atoms with Gasteiger partial charge in [-0.2, -0.15) is 0 Å². The Hall–Kier alpha value is -2.14. The number of aliphatic hydroxyl groups is 1. The number of anilines is 1. The van der Waals surface area contributed by atoms with Crippen LogP contribution < -0.4 is 4.90 Å². The van der Waals surface area contributed by atoms with Crippen LogP contribution in [0.15, 0.2) is 35.9 Å². The van der Waals surface area contributed by atoms with Crippen LogP contribution in [0.4, 0.5) is 5.69 Å². The van der Waals surface area contributed by atoms with Crippen molar-refractivity contribution in [2.24, 2.45) is 0 Å². The van der Waals surface area contributed by atoms with Gasteiger partial charge in [0.1, 0.15) is 0 Å². The molecule has 0 amide bonds. The molecule has 0 saturated heterocycles. The number of hydrogen-bond donors (Lipinski definition) is 1. The molecule has 0 saturated carbocycles. The van der Waals surface area contributed by atoms with Crippen LogP contribution in [-0.2, 0) is 9.53 Å². The fraction of sp³-hybridized carbons (Fsp3) is 0.444. The number of benzene rings is 1. The zero-order valence-corrected chi connectivity index (χ0v) is 14.0. The highest BCUT2D eigenvalue weighted by atomic mass is 16.5. The molecule has 23 heavy (non-hydrogen) atoms. The zero-order chi connectivity index (χ0) is 17.2. The summed E-state index contributed by atoms with van der Waals surface area (Å²) in [5, 5.41) is 9.24. The number of ketones is 1. The molecule has 0 atom stereocenters. The number of esters is 1. The number of ether oxygens (including phenoxy) is 1. The van der Waals surface area contributed by atoms with E-state index in [1.54, 1.807) is 12.1 Å². The maximum Gasteiger partial charge on any atom is 0.336 e. The number of aliphatic hydroxyl groups excluding tert-OH is 1. The molecule has 1 aromatic carbocycles. The second-order valence-electron chi connectivity index (χ2n) is 5.05. The first-order chi connectivity index (χ1) is 11.1. The molecule has 0 radical (unpaired) electrons. The Morgan fingerprint density at radius 2 is 1.74 bits per heavy atom. The molecule has 0 spiro atoms. The van der Waals surface area contributed by atoms with E-state index in [4.69, 9.17) is 4.74 Å². The minimum Gasteiger partial charge on any atom is -0.462 e. The molecule has 0 bridgehead atoms. The Bertz CT molecular complexity index is 545. The van der Waals surface area contributed by atoms with E-state index in [0.29, 0.717) is 12.0 Å². The Morgan fingerprint density at radius 3 is 2.22 bits per heavy atom. The molecule has 126 valence electrons. The second kappa shape index (κ2) is 9.79. The van der Waals surface area contributed by atoms with Crippen LogP contribution >= 0.6 is 0 Å². The van der Waals surface area contributed by atoms with Crippen molar-refractivity contribution in [3.63, 3.8) is 0 Å². The molecule has 0 aromatic heterocycles. The predicted molar refractivity (Wildman–Crippen MR) is 90.8 cm³/mol. The molecule has 0 aliphatic rings. The summed E-state index contributed by atoms with van der Waals surface area (Å²) in [5.74, 6) is -0.976. The molecule has 5 nitrogen and oxygen atoms in total. The van der Waals surface area contributed by atoms with E-state index in [0.717, 1.165) is 24.9 Å². The van der Waals surface area contributed by atoms with Gasteiger partial charge in [-0.3, -0.25) is 4.79 Å². The number of carbonyl (C=O) groups excluding carboxylic acids is 2. The van der Waals surface area contributed by atoms with Crippen LogP contribution in [0.1, 0.15) is 37.6 Å². The van der Waals surface area contributed by atoms with Crippen molar-refractivity contribution in [2.45, 2.75) is 27.2 Å². The van der Waals surface area contributed by atoms with Gasteiger partial charge in [-0.15, -0.1) is 0 Å². The minimum absolute atomic E-state index is 0.0312.